The van der Waals surface area contributed by atoms with Crippen LogP contribution < -0.4 is 15.0 Å². The van der Waals surface area contributed by atoms with E-state index in [4.69, 9.17) is 27.9 Å². The van der Waals surface area contributed by atoms with Gasteiger partial charge in [0.25, 0.3) is 5.56 Å². The molecule has 0 bridgehead atoms. The third-order valence-electron chi connectivity index (χ3n) is 4.14. The van der Waals surface area contributed by atoms with Crippen molar-refractivity contribution in [2.24, 2.45) is 0 Å². The topological polar surface area (TPSA) is 90.3 Å². The van der Waals surface area contributed by atoms with E-state index in [0.717, 1.165) is 11.3 Å². The van der Waals surface area contributed by atoms with Crippen LogP contribution in [0, 0.1) is 0 Å². The van der Waals surface area contributed by atoms with Crippen molar-refractivity contribution < 1.29 is 13.2 Å². The normalized spacial score (nSPS) is 11.4. The molecule has 10 heteroatoms. The molecular weight excluding hydrogens is 449 g/mol. The highest BCUT2D eigenvalue weighted by molar-refractivity contribution is 7.89. The van der Waals surface area contributed by atoms with Crippen LogP contribution in [0.25, 0.3) is 11.3 Å². The fourth-order valence-corrected chi connectivity index (χ4v) is 4.07. The van der Waals surface area contributed by atoms with E-state index in [2.05, 4.69) is 9.82 Å². The van der Waals surface area contributed by atoms with Gasteiger partial charge in [-0.15, -0.1) is 0 Å². The van der Waals surface area contributed by atoms with Gasteiger partial charge in [-0.3, -0.25) is 4.79 Å². The van der Waals surface area contributed by atoms with Crippen molar-refractivity contribution in [3.8, 4) is 17.0 Å². The molecular formula is C20H19Cl2N3O4S. The Morgan fingerprint density at radius 3 is 2.43 bits per heavy atom. The summed E-state index contributed by atoms with van der Waals surface area (Å²) in [5.74, 6) is 0.742. The summed E-state index contributed by atoms with van der Waals surface area (Å²) >= 11 is 11.7. The monoisotopic (exact) mass is 467 g/mol. The number of ether oxygens (including phenoxy) is 1. The number of benzene rings is 2. The second-order valence-corrected chi connectivity index (χ2v) is 8.79. The van der Waals surface area contributed by atoms with Gasteiger partial charge in [-0.1, -0.05) is 23.2 Å². The summed E-state index contributed by atoms with van der Waals surface area (Å²) in [4.78, 5) is 12.1. The van der Waals surface area contributed by atoms with E-state index in [-0.39, 0.29) is 33.6 Å². The lowest BCUT2D eigenvalue weighted by molar-refractivity contribution is 0.340. The maximum Gasteiger partial charge on any atom is 0.266 e. The van der Waals surface area contributed by atoms with Gasteiger partial charge in [0.2, 0.25) is 10.0 Å². The SMILES string of the molecule is CCOc1ccc(-c2ccc(=O)n(CCNS(=O)(=O)c3ccc(Cl)c(Cl)c3)n2)cc1. The number of hydrogen-bond donors (Lipinski definition) is 1. The van der Waals surface area contributed by atoms with Crippen LogP contribution in [0.3, 0.4) is 0 Å². The molecule has 0 aliphatic rings. The average molecular weight is 468 g/mol. The van der Waals surface area contributed by atoms with Crippen LogP contribution >= 0.6 is 23.2 Å². The smallest absolute Gasteiger partial charge is 0.266 e. The van der Waals surface area contributed by atoms with Crippen LogP contribution in [-0.4, -0.2) is 31.3 Å². The molecule has 0 saturated carbocycles. The number of aromatic nitrogens is 2. The van der Waals surface area contributed by atoms with E-state index < -0.39 is 10.0 Å². The molecule has 0 fully saturated rings. The summed E-state index contributed by atoms with van der Waals surface area (Å²) in [5, 5.41) is 4.73. The number of halogens is 2. The Balaban J connectivity index is 1.71. The standard InChI is InChI=1S/C20H19Cl2N3O4S/c1-2-29-15-5-3-14(4-6-15)19-9-10-20(26)25(24-19)12-11-23-30(27,28)16-7-8-17(21)18(22)13-16/h3-10,13,23H,2,11-12H2,1H3. The minimum atomic E-state index is -3.81. The summed E-state index contributed by atoms with van der Waals surface area (Å²) in [6.45, 7) is 2.51. The van der Waals surface area contributed by atoms with Crippen molar-refractivity contribution in [1.82, 2.24) is 14.5 Å². The van der Waals surface area contributed by atoms with Gasteiger partial charge in [-0.25, -0.2) is 17.8 Å². The molecule has 0 amide bonds. The Hall–Kier alpha value is -2.39. The Bertz CT molecular complexity index is 1200. The van der Waals surface area contributed by atoms with Gasteiger partial charge in [0.15, 0.2) is 0 Å². The predicted molar refractivity (Wildman–Crippen MR) is 117 cm³/mol. The van der Waals surface area contributed by atoms with Crippen LogP contribution in [0.4, 0.5) is 0 Å². The molecule has 2 aromatic carbocycles. The fourth-order valence-electron chi connectivity index (χ4n) is 2.66. The zero-order valence-corrected chi connectivity index (χ0v) is 18.3. The minimum Gasteiger partial charge on any atom is -0.494 e. The molecule has 1 heterocycles. The highest BCUT2D eigenvalue weighted by atomic mass is 35.5. The molecule has 3 rings (SSSR count). The zero-order chi connectivity index (χ0) is 21.7. The molecule has 0 aliphatic heterocycles. The van der Waals surface area contributed by atoms with Gasteiger partial charge < -0.3 is 4.74 Å². The van der Waals surface area contributed by atoms with Gasteiger partial charge >= 0.3 is 0 Å². The Kier molecular flexibility index (Phi) is 7.14. The third-order valence-corrected chi connectivity index (χ3v) is 6.34. The third kappa shape index (κ3) is 5.40. The van der Waals surface area contributed by atoms with E-state index in [9.17, 15) is 13.2 Å². The largest absolute Gasteiger partial charge is 0.494 e. The summed E-state index contributed by atoms with van der Waals surface area (Å²) in [6, 6.07) is 14.4. The quantitative estimate of drug-likeness (QED) is 0.546. The Morgan fingerprint density at radius 1 is 1.03 bits per heavy atom. The highest BCUT2D eigenvalue weighted by Crippen LogP contribution is 2.24. The molecule has 7 nitrogen and oxygen atoms in total. The number of nitrogens with one attached hydrogen (secondary N) is 1. The number of hydrogen-bond acceptors (Lipinski definition) is 5. The number of sulfonamides is 1. The van der Waals surface area contributed by atoms with Crippen LogP contribution in [0.5, 0.6) is 5.75 Å². The zero-order valence-electron chi connectivity index (χ0n) is 16.0. The van der Waals surface area contributed by atoms with Crippen molar-refractivity contribution in [3.63, 3.8) is 0 Å². The van der Waals surface area contributed by atoms with Crippen molar-refractivity contribution in [3.05, 3.63) is 75.0 Å². The lowest BCUT2D eigenvalue weighted by Gasteiger charge is -2.10. The van der Waals surface area contributed by atoms with Gasteiger partial charge in [0.05, 0.1) is 33.8 Å². The van der Waals surface area contributed by atoms with Crippen molar-refractivity contribution in [2.45, 2.75) is 18.4 Å². The summed E-state index contributed by atoms with van der Waals surface area (Å²) in [6.07, 6.45) is 0. The maximum absolute atomic E-state index is 12.4. The maximum atomic E-state index is 12.4. The van der Waals surface area contributed by atoms with Gasteiger partial charge in [0.1, 0.15) is 5.75 Å². The lowest BCUT2D eigenvalue weighted by atomic mass is 10.1. The molecule has 158 valence electrons. The highest BCUT2D eigenvalue weighted by Gasteiger charge is 2.15. The molecule has 0 saturated heterocycles. The van der Waals surface area contributed by atoms with E-state index >= 15 is 0 Å². The van der Waals surface area contributed by atoms with E-state index in [0.29, 0.717) is 12.3 Å². The molecule has 30 heavy (non-hydrogen) atoms. The van der Waals surface area contributed by atoms with Gasteiger partial charge in [-0.05, 0) is 55.5 Å². The van der Waals surface area contributed by atoms with E-state index in [1.807, 2.05) is 31.2 Å². The van der Waals surface area contributed by atoms with Crippen LogP contribution in [-0.2, 0) is 16.6 Å². The first-order valence-corrected chi connectivity index (χ1v) is 11.3. The first kappa shape index (κ1) is 22.3. The molecule has 0 atom stereocenters. The molecule has 0 unspecified atom stereocenters. The van der Waals surface area contributed by atoms with E-state index in [1.54, 1.807) is 6.07 Å². The molecule has 0 spiro atoms. The van der Waals surface area contributed by atoms with Gasteiger partial charge in [-0.2, -0.15) is 5.10 Å². The number of nitrogens with zero attached hydrogens (tertiary/aromatic N) is 2. The Labute approximate surface area is 184 Å². The molecule has 3 aromatic rings. The van der Waals surface area contributed by atoms with Crippen molar-refractivity contribution >= 4 is 33.2 Å². The van der Waals surface area contributed by atoms with Crippen LogP contribution in [0.2, 0.25) is 10.0 Å². The molecule has 1 aromatic heterocycles. The number of rotatable bonds is 8. The van der Waals surface area contributed by atoms with Crippen LogP contribution in [0.15, 0.2) is 64.3 Å². The first-order valence-electron chi connectivity index (χ1n) is 9.06. The van der Waals surface area contributed by atoms with Crippen LogP contribution in [0.1, 0.15) is 6.92 Å². The summed E-state index contributed by atoms with van der Waals surface area (Å²) in [5.41, 5.74) is 1.06. The van der Waals surface area contributed by atoms with Crippen molar-refractivity contribution in [2.75, 3.05) is 13.2 Å². The Morgan fingerprint density at radius 2 is 1.77 bits per heavy atom. The summed E-state index contributed by atoms with van der Waals surface area (Å²) < 4.78 is 33.9. The van der Waals surface area contributed by atoms with Gasteiger partial charge in [0, 0.05) is 18.2 Å². The minimum absolute atomic E-state index is 0.0136. The predicted octanol–water partition coefficient (Wildman–Crippen LogP) is 3.59. The second-order valence-electron chi connectivity index (χ2n) is 6.21. The fraction of sp³-hybridized carbons (Fsp3) is 0.200. The lowest BCUT2D eigenvalue weighted by Crippen LogP contribution is -2.32. The second kappa shape index (κ2) is 9.61. The average Bonchev–Trinajstić information content (AvgIpc) is 2.72. The van der Waals surface area contributed by atoms with Crippen molar-refractivity contribution in [1.29, 1.82) is 0 Å². The van der Waals surface area contributed by atoms with E-state index in [1.165, 1.54) is 28.9 Å². The molecule has 0 radical (unpaired) electrons. The molecule has 1 N–H and O–H groups in total. The summed E-state index contributed by atoms with van der Waals surface area (Å²) in [7, 11) is -3.81. The molecule has 0 aliphatic carbocycles. The first-order chi connectivity index (χ1) is 14.3.